The number of hydrogen-bond donors (Lipinski definition) is 1. The van der Waals surface area contributed by atoms with Gasteiger partial charge < -0.3 is 4.90 Å². The van der Waals surface area contributed by atoms with Crippen molar-refractivity contribution in [3.63, 3.8) is 0 Å². The van der Waals surface area contributed by atoms with Crippen molar-refractivity contribution in [1.82, 2.24) is 9.88 Å². The van der Waals surface area contributed by atoms with Gasteiger partial charge in [0, 0.05) is 43.3 Å². The summed E-state index contributed by atoms with van der Waals surface area (Å²) in [5.41, 5.74) is 5.85. The van der Waals surface area contributed by atoms with Crippen molar-refractivity contribution in [2.75, 3.05) is 29.8 Å². The number of fused-ring (bicyclic) bond motifs is 1. The molecule has 0 spiro atoms. The third-order valence-corrected chi connectivity index (χ3v) is 8.83. The Bertz CT molecular complexity index is 1260. The lowest BCUT2D eigenvalue weighted by Gasteiger charge is -2.30. The van der Waals surface area contributed by atoms with Crippen molar-refractivity contribution in [3.05, 3.63) is 69.8 Å². The summed E-state index contributed by atoms with van der Waals surface area (Å²) >= 11 is 1.27. The lowest BCUT2D eigenvalue weighted by Crippen LogP contribution is -2.36. The second kappa shape index (κ2) is 8.70. The predicted octanol–water partition coefficient (Wildman–Crippen LogP) is 4.59. The molecule has 0 bridgehead atoms. The maximum absolute atomic E-state index is 15.0. The highest BCUT2D eigenvalue weighted by Gasteiger charge is 2.35. The fourth-order valence-corrected chi connectivity index (χ4v) is 6.87. The summed E-state index contributed by atoms with van der Waals surface area (Å²) in [7, 11) is -2.08. The summed E-state index contributed by atoms with van der Waals surface area (Å²) in [6.45, 7) is 3.73. The largest absolute Gasteiger partial charge is 0.370 e. The van der Waals surface area contributed by atoms with Gasteiger partial charge >= 0.3 is 0 Å². The Morgan fingerprint density at radius 2 is 2.06 bits per heavy atom. The van der Waals surface area contributed by atoms with Crippen LogP contribution < -0.4 is 9.62 Å². The zero-order chi connectivity index (χ0) is 23.2. The van der Waals surface area contributed by atoms with Crippen molar-refractivity contribution < 1.29 is 12.8 Å². The molecule has 1 unspecified atom stereocenters. The first-order valence-corrected chi connectivity index (χ1v) is 13.5. The number of nitrogens with zero attached hydrogens (tertiary/aromatic N) is 3. The van der Waals surface area contributed by atoms with Crippen molar-refractivity contribution in [2.45, 2.75) is 43.2 Å². The first-order valence-electron chi connectivity index (χ1n) is 11.1. The molecule has 9 heteroatoms. The third kappa shape index (κ3) is 4.25. The zero-order valence-corrected chi connectivity index (χ0v) is 20.3. The van der Waals surface area contributed by atoms with Crippen LogP contribution in [-0.2, 0) is 16.4 Å². The van der Waals surface area contributed by atoms with Gasteiger partial charge in [0.05, 0.1) is 5.51 Å². The van der Waals surface area contributed by atoms with Crippen LogP contribution in [-0.4, -0.2) is 44.5 Å². The molecule has 3 aromatic rings. The SMILES string of the molecule is Cc1cc(S(=O)(=O)Nc2cscn2)c(F)cc1N(C)C1CCN([C@H]2CCc3ccccc32)C1. The minimum absolute atomic E-state index is 0.192. The van der Waals surface area contributed by atoms with E-state index in [4.69, 9.17) is 0 Å². The van der Waals surface area contributed by atoms with E-state index in [1.165, 1.54) is 40.1 Å². The van der Waals surface area contributed by atoms with Gasteiger partial charge in [0.25, 0.3) is 10.0 Å². The zero-order valence-electron chi connectivity index (χ0n) is 18.7. The molecule has 0 radical (unpaired) electrons. The molecule has 1 fully saturated rings. The molecule has 1 aromatic heterocycles. The van der Waals surface area contributed by atoms with Crippen LogP contribution in [0.25, 0.3) is 0 Å². The van der Waals surface area contributed by atoms with Crippen LogP contribution in [0.5, 0.6) is 0 Å². The number of nitrogens with one attached hydrogen (secondary N) is 1. The minimum atomic E-state index is -4.05. The van der Waals surface area contributed by atoms with Crippen LogP contribution in [0.3, 0.4) is 0 Å². The van der Waals surface area contributed by atoms with Crippen LogP contribution in [0.1, 0.15) is 35.6 Å². The Morgan fingerprint density at radius 1 is 1.24 bits per heavy atom. The van der Waals surface area contributed by atoms with Crippen LogP contribution in [0, 0.1) is 12.7 Å². The number of benzene rings is 2. The Kier molecular flexibility index (Phi) is 5.88. The van der Waals surface area contributed by atoms with E-state index in [-0.39, 0.29) is 16.8 Å². The van der Waals surface area contributed by atoms with Crippen molar-refractivity contribution in [3.8, 4) is 0 Å². The Hall–Kier alpha value is -2.49. The van der Waals surface area contributed by atoms with Crippen LogP contribution in [0.2, 0.25) is 0 Å². The van der Waals surface area contributed by atoms with Crippen LogP contribution in [0.15, 0.2) is 52.2 Å². The normalized spacial score (nSPS) is 20.7. The van der Waals surface area contributed by atoms with Gasteiger partial charge in [0.1, 0.15) is 10.7 Å². The van der Waals surface area contributed by atoms with Gasteiger partial charge in [-0.1, -0.05) is 24.3 Å². The Morgan fingerprint density at radius 3 is 2.85 bits per heavy atom. The highest BCUT2D eigenvalue weighted by molar-refractivity contribution is 7.92. The quantitative estimate of drug-likeness (QED) is 0.552. The van der Waals surface area contributed by atoms with Gasteiger partial charge in [0.15, 0.2) is 5.82 Å². The minimum Gasteiger partial charge on any atom is -0.370 e. The van der Waals surface area contributed by atoms with Crippen molar-refractivity contribution in [2.24, 2.45) is 0 Å². The number of aromatic nitrogens is 1. The highest BCUT2D eigenvalue weighted by atomic mass is 32.2. The molecule has 2 heterocycles. The second-order valence-corrected chi connectivity index (χ2v) is 11.2. The smallest absolute Gasteiger partial charge is 0.266 e. The standard InChI is InChI=1S/C24H27FN4O2S2/c1-16-11-23(33(30,31)27-24-14-32-15-26-24)20(25)12-22(16)28(2)18-9-10-29(13-18)21-8-7-17-5-3-4-6-19(17)21/h3-6,11-12,14-15,18,21,27H,7-10,13H2,1-2H3/t18?,21-/m0/s1. The van der Waals surface area contributed by atoms with Gasteiger partial charge in [-0.25, -0.2) is 17.8 Å². The average molecular weight is 487 g/mol. The fraction of sp³-hybridized carbons (Fsp3) is 0.375. The fourth-order valence-electron chi connectivity index (χ4n) is 5.16. The van der Waals surface area contributed by atoms with E-state index < -0.39 is 15.8 Å². The molecule has 0 amide bonds. The van der Waals surface area contributed by atoms with E-state index in [0.717, 1.165) is 43.6 Å². The topological polar surface area (TPSA) is 65.5 Å². The molecule has 1 aliphatic heterocycles. The predicted molar refractivity (Wildman–Crippen MR) is 130 cm³/mol. The second-order valence-electron chi connectivity index (χ2n) is 8.85. The molecule has 174 valence electrons. The van der Waals surface area contributed by atoms with Gasteiger partial charge in [-0.15, -0.1) is 11.3 Å². The molecule has 2 aliphatic rings. The van der Waals surface area contributed by atoms with E-state index in [2.05, 4.69) is 43.8 Å². The molecular weight excluding hydrogens is 459 g/mol. The number of sulfonamides is 1. The molecule has 0 saturated carbocycles. The van der Waals surface area contributed by atoms with Gasteiger partial charge in [-0.2, -0.15) is 0 Å². The molecule has 2 atom stereocenters. The average Bonchev–Trinajstić information content (AvgIpc) is 3.54. The number of rotatable bonds is 6. The molecule has 1 N–H and O–H groups in total. The molecule has 33 heavy (non-hydrogen) atoms. The van der Waals surface area contributed by atoms with Crippen molar-refractivity contribution in [1.29, 1.82) is 0 Å². The third-order valence-electron chi connectivity index (χ3n) is 6.88. The summed E-state index contributed by atoms with van der Waals surface area (Å²) in [4.78, 5) is 8.20. The van der Waals surface area contributed by atoms with E-state index >= 15 is 4.39 Å². The number of halogens is 1. The van der Waals surface area contributed by atoms with E-state index in [1.807, 2.05) is 14.0 Å². The number of aryl methyl sites for hydroxylation is 2. The summed E-state index contributed by atoms with van der Waals surface area (Å²) in [6.07, 6.45) is 3.25. The Balaban J connectivity index is 1.33. The Labute approximate surface area is 198 Å². The monoisotopic (exact) mass is 486 g/mol. The highest BCUT2D eigenvalue weighted by Crippen LogP contribution is 2.38. The maximum Gasteiger partial charge on any atom is 0.266 e. The molecule has 1 saturated heterocycles. The van der Waals surface area contributed by atoms with Crippen LogP contribution >= 0.6 is 11.3 Å². The summed E-state index contributed by atoms with van der Waals surface area (Å²) in [5, 5.41) is 1.57. The van der Waals surface area contributed by atoms with Gasteiger partial charge in [-0.3, -0.25) is 9.62 Å². The molecular formula is C24H27FN4O2S2. The molecule has 5 rings (SSSR count). The number of likely N-dealkylation sites (N-methyl/N-ethyl adjacent to an activating group) is 1. The molecule has 2 aromatic carbocycles. The van der Waals surface area contributed by atoms with Crippen molar-refractivity contribution >= 4 is 32.9 Å². The molecule has 1 aliphatic carbocycles. The first kappa shape index (κ1) is 22.3. The summed E-state index contributed by atoms with van der Waals surface area (Å²) < 4.78 is 42.7. The van der Waals surface area contributed by atoms with Gasteiger partial charge in [0.2, 0.25) is 0 Å². The number of likely N-dealkylation sites (tertiary alicyclic amines) is 1. The number of hydrogen-bond acceptors (Lipinski definition) is 6. The van der Waals surface area contributed by atoms with E-state index in [1.54, 1.807) is 5.38 Å². The van der Waals surface area contributed by atoms with E-state index in [0.29, 0.717) is 6.04 Å². The number of thiazole rings is 1. The van der Waals surface area contributed by atoms with E-state index in [9.17, 15) is 8.42 Å². The summed E-state index contributed by atoms with van der Waals surface area (Å²) in [5.74, 6) is -0.567. The number of anilines is 2. The summed E-state index contributed by atoms with van der Waals surface area (Å²) in [6, 6.07) is 12.1. The first-order chi connectivity index (χ1) is 15.8. The molecule has 6 nitrogen and oxygen atoms in total. The van der Waals surface area contributed by atoms with Gasteiger partial charge in [-0.05, 0) is 55.0 Å². The maximum atomic E-state index is 15.0. The lowest BCUT2D eigenvalue weighted by atomic mass is 10.1. The van der Waals surface area contributed by atoms with Crippen LogP contribution in [0.4, 0.5) is 15.9 Å². The lowest BCUT2D eigenvalue weighted by molar-refractivity contribution is 0.242.